The number of hydrogen-bond acceptors (Lipinski definition) is 3. The molecule has 0 spiro atoms. The standard InChI is InChI=1S/C16H22N2O/c1-18(15-7-4-6-14(15)17)10-9-12-11-19-16-8-3-2-5-13(12)16/h2-3,5,8,11,14-15H,4,6-7,9-10,17H2,1H3. The van der Waals surface area contributed by atoms with Crippen LogP contribution in [0.5, 0.6) is 0 Å². The molecule has 1 aliphatic carbocycles. The van der Waals surface area contributed by atoms with Crippen molar-refractivity contribution in [1.82, 2.24) is 4.90 Å². The topological polar surface area (TPSA) is 42.4 Å². The predicted molar refractivity (Wildman–Crippen MR) is 78.2 cm³/mol. The molecule has 2 aromatic rings. The molecular formula is C16H22N2O. The summed E-state index contributed by atoms with van der Waals surface area (Å²) >= 11 is 0. The summed E-state index contributed by atoms with van der Waals surface area (Å²) in [5.74, 6) is 0. The molecule has 1 aromatic carbocycles. The first-order chi connectivity index (χ1) is 9.25. The summed E-state index contributed by atoms with van der Waals surface area (Å²) < 4.78 is 5.58. The van der Waals surface area contributed by atoms with Gasteiger partial charge in [-0.3, -0.25) is 0 Å². The second kappa shape index (κ2) is 5.35. The highest BCUT2D eigenvalue weighted by Gasteiger charge is 2.27. The second-order valence-corrected chi connectivity index (χ2v) is 5.65. The van der Waals surface area contributed by atoms with Crippen LogP contribution < -0.4 is 5.73 Å². The van der Waals surface area contributed by atoms with Crippen LogP contribution in [0.25, 0.3) is 11.0 Å². The minimum atomic E-state index is 0.353. The Morgan fingerprint density at radius 3 is 2.95 bits per heavy atom. The van der Waals surface area contributed by atoms with E-state index in [1.807, 2.05) is 18.4 Å². The van der Waals surface area contributed by atoms with Crippen molar-refractivity contribution in [3.8, 4) is 0 Å². The van der Waals surface area contributed by atoms with Gasteiger partial charge < -0.3 is 15.1 Å². The van der Waals surface area contributed by atoms with Gasteiger partial charge in [-0.2, -0.15) is 0 Å². The average molecular weight is 258 g/mol. The smallest absolute Gasteiger partial charge is 0.134 e. The number of rotatable bonds is 4. The Bertz CT molecular complexity index is 548. The Labute approximate surface area is 114 Å². The highest BCUT2D eigenvalue weighted by atomic mass is 16.3. The highest BCUT2D eigenvalue weighted by molar-refractivity contribution is 5.80. The zero-order valence-electron chi connectivity index (χ0n) is 11.5. The summed E-state index contributed by atoms with van der Waals surface area (Å²) in [6.07, 6.45) is 6.60. The van der Waals surface area contributed by atoms with E-state index in [2.05, 4.69) is 24.1 Å². The van der Waals surface area contributed by atoms with Crippen LogP contribution in [0.3, 0.4) is 0 Å². The van der Waals surface area contributed by atoms with Crippen molar-refractivity contribution in [2.24, 2.45) is 5.73 Å². The van der Waals surface area contributed by atoms with E-state index < -0.39 is 0 Å². The molecule has 0 radical (unpaired) electrons. The van der Waals surface area contributed by atoms with Crippen LogP contribution in [0.15, 0.2) is 34.9 Å². The highest BCUT2D eigenvalue weighted by Crippen LogP contribution is 2.24. The zero-order valence-corrected chi connectivity index (χ0v) is 11.5. The number of hydrogen-bond donors (Lipinski definition) is 1. The molecule has 3 nitrogen and oxygen atoms in total. The number of nitrogens with two attached hydrogens (primary N) is 1. The molecule has 0 amide bonds. The molecule has 102 valence electrons. The van der Waals surface area contributed by atoms with E-state index in [-0.39, 0.29) is 0 Å². The van der Waals surface area contributed by atoms with Gasteiger partial charge in [-0.1, -0.05) is 24.6 Å². The van der Waals surface area contributed by atoms with Crippen LogP contribution in [0.2, 0.25) is 0 Å². The van der Waals surface area contributed by atoms with Gasteiger partial charge in [0.1, 0.15) is 5.58 Å². The molecule has 2 N–H and O–H groups in total. The first-order valence-corrected chi connectivity index (χ1v) is 7.16. The van der Waals surface area contributed by atoms with Gasteiger partial charge in [0.25, 0.3) is 0 Å². The van der Waals surface area contributed by atoms with Crippen LogP contribution in [-0.4, -0.2) is 30.6 Å². The maximum absolute atomic E-state index is 6.16. The molecule has 1 aliphatic rings. The minimum absolute atomic E-state index is 0.353. The second-order valence-electron chi connectivity index (χ2n) is 5.65. The van der Waals surface area contributed by atoms with Gasteiger partial charge in [0.2, 0.25) is 0 Å². The quantitative estimate of drug-likeness (QED) is 0.917. The summed E-state index contributed by atoms with van der Waals surface area (Å²) in [5.41, 5.74) is 8.44. The van der Waals surface area contributed by atoms with Crippen molar-refractivity contribution in [2.45, 2.75) is 37.8 Å². The maximum Gasteiger partial charge on any atom is 0.134 e. The van der Waals surface area contributed by atoms with Gasteiger partial charge in [-0.05, 0) is 37.9 Å². The van der Waals surface area contributed by atoms with E-state index in [1.165, 1.54) is 30.2 Å². The third-order valence-corrected chi connectivity index (χ3v) is 4.39. The SMILES string of the molecule is CN(CCc1coc2ccccc12)C1CCCC1N. The fraction of sp³-hybridized carbons (Fsp3) is 0.500. The lowest BCUT2D eigenvalue weighted by molar-refractivity contribution is 0.231. The van der Waals surface area contributed by atoms with Crippen molar-refractivity contribution in [1.29, 1.82) is 0 Å². The lowest BCUT2D eigenvalue weighted by Gasteiger charge is -2.27. The van der Waals surface area contributed by atoms with E-state index in [4.69, 9.17) is 10.2 Å². The summed E-state index contributed by atoms with van der Waals surface area (Å²) in [7, 11) is 2.19. The Kier molecular flexibility index (Phi) is 3.58. The van der Waals surface area contributed by atoms with Gasteiger partial charge in [0.05, 0.1) is 6.26 Å². The Morgan fingerprint density at radius 2 is 2.16 bits per heavy atom. The van der Waals surface area contributed by atoms with Crippen LogP contribution in [0.1, 0.15) is 24.8 Å². The van der Waals surface area contributed by atoms with E-state index in [1.54, 1.807) is 0 Å². The van der Waals surface area contributed by atoms with Crippen molar-refractivity contribution in [3.63, 3.8) is 0 Å². The lowest BCUT2D eigenvalue weighted by Crippen LogP contribution is -2.42. The number of likely N-dealkylation sites (N-methyl/N-ethyl adjacent to an activating group) is 1. The molecular weight excluding hydrogens is 236 g/mol. The molecule has 2 atom stereocenters. The predicted octanol–water partition coefficient (Wildman–Crippen LogP) is 2.79. The zero-order chi connectivity index (χ0) is 13.2. The number of fused-ring (bicyclic) bond motifs is 1. The van der Waals surface area contributed by atoms with Crippen molar-refractivity contribution >= 4 is 11.0 Å². The molecule has 3 heteroatoms. The summed E-state index contributed by atoms with van der Waals surface area (Å²) in [5, 5.41) is 1.24. The average Bonchev–Trinajstić information content (AvgIpc) is 3.02. The molecule has 0 bridgehead atoms. The van der Waals surface area contributed by atoms with Gasteiger partial charge in [0.15, 0.2) is 0 Å². The van der Waals surface area contributed by atoms with Gasteiger partial charge in [0, 0.05) is 24.0 Å². The van der Waals surface area contributed by atoms with Crippen LogP contribution in [0, 0.1) is 0 Å². The van der Waals surface area contributed by atoms with Gasteiger partial charge >= 0.3 is 0 Å². The molecule has 0 saturated heterocycles. The van der Waals surface area contributed by atoms with Crippen LogP contribution in [0.4, 0.5) is 0 Å². The monoisotopic (exact) mass is 258 g/mol. The normalized spacial score (nSPS) is 23.5. The maximum atomic E-state index is 6.16. The molecule has 0 aliphatic heterocycles. The fourth-order valence-corrected chi connectivity index (χ4v) is 3.21. The lowest BCUT2D eigenvalue weighted by atomic mass is 10.1. The van der Waals surface area contributed by atoms with Crippen LogP contribution >= 0.6 is 0 Å². The minimum Gasteiger partial charge on any atom is -0.464 e. The third-order valence-electron chi connectivity index (χ3n) is 4.39. The van der Waals surface area contributed by atoms with Crippen molar-refractivity contribution < 1.29 is 4.42 Å². The van der Waals surface area contributed by atoms with E-state index >= 15 is 0 Å². The first kappa shape index (κ1) is 12.7. The van der Waals surface area contributed by atoms with Gasteiger partial charge in [-0.25, -0.2) is 0 Å². The summed E-state index contributed by atoms with van der Waals surface area (Å²) in [6, 6.07) is 9.14. The van der Waals surface area contributed by atoms with Crippen molar-refractivity contribution in [3.05, 3.63) is 36.1 Å². The molecule has 1 heterocycles. The molecule has 2 unspecified atom stereocenters. The molecule has 1 fully saturated rings. The Morgan fingerprint density at radius 1 is 1.32 bits per heavy atom. The molecule has 19 heavy (non-hydrogen) atoms. The Balaban J connectivity index is 1.65. The number of benzene rings is 1. The number of furan rings is 1. The van der Waals surface area contributed by atoms with Gasteiger partial charge in [-0.15, -0.1) is 0 Å². The van der Waals surface area contributed by atoms with E-state index in [0.717, 1.165) is 18.5 Å². The largest absolute Gasteiger partial charge is 0.464 e. The summed E-state index contributed by atoms with van der Waals surface area (Å²) in [4.78, 5) is 2.42. The number of nitrogens with zero attached hydrogens (tertiary/aromatic N) is 1. The molecule has 1 aromatic heterocycles. The summed E-state index contributed by atoms with van der Waals surface area (Å²) in [6.45, 7) is 1.04. The third kappa shape index (κ3) is 2.53. The van der Waals surface area contributed by atoms with Crippen LogP contribution in [-0.2, 0) is 6.42 Å². The van der Waals surface area contributed by atoms with E-state index in [9.17, 15) is 0 Å². The fourth-order valence-electron chi connectivity index (χ4n) is 3.21. The Hall–Kier alpha value is -1.32. The molecule has 3 rings (SSSR count). The molecule has 1 saturated carbocycles. The first-order valence-electron chi connectivity index (χ1n) is 7.16. The van der Waals surface area contributed by atoms with E-state index in [0.29, 0.717) is 12.1 Å². The van der Waals surface area contributed by atoms with Crippen molar-refractivity contribution in [2.75, 3.05) is 13.6 Å². The number of para-hydroxylation sites is 1.